The lowest BCUT2D eigenvalue weighted by Crippen LogP contribution is -2.30. The Hall–Kier alpha value is -2.24. The predicted octanol–water partition coefficient (Wildman–Crippen LogP) is 2.83. The first-order valence-corrected chi connectivity index (χ1v) is 9.62. The number of aryl methyl sites for hydroxylation is 1. The zero-order chi connectivity index (χ0) is 18.3. The fourth-order valence-electron chi connectivity index (χ4n) is 3.93. The number of likely N-dealkylation sites (tertiary alicyclic amines) is 1. The van der Waals surface area contributed by atoms with Crippen LogP contribution in [0.1, 0.15) is 61.4 Å². The highest BCUT2D eigenvalue weighted by atomic mass is 16.2. The van der Waals surface area contributed by atoms with E-state index in [1.165, 1.54) is 12.8 Å². The van der Waals surface area contributed by atoms with Gasteiger partial charge in [-0.2, -0.15) is 5.10 Å². The molecule has 1 saturated carbocycles. The van der Waals surface area contributed by atoms with Gasteiger partial charge in [-0.1, -0.05) is 19.9 Å². The summed E-state index contributed by atoms with van der Waals surface area (Å²) in [4.78, 5) is 23.9. The highest BCUT2D eigenvalue weighted by molar-refractivity contribution is 5.79. The summed E-state index contributed by atoms with van der Waals surface area (Å²) in [6, 6.07) is 3.96. The second-order valence-corrected chi connectivity index (χ2v) is 8.12. The van der Waals surface area contributed by atoms with Crippen LogP contribution in [-0.2, 0) is 11.2 Å². The lowest BCUT2D eigenvalue weighted by molar-refractivity contribution is -0.129. The van der Waals surface area contributed by atoms with Crippen molar-refractivity contribution in [2.75, 3.05) is 13.1 Å². The number of H-pyrrole nitrogens is 1. The molecule has 26 heavy (non-hydrogen) atoms. The van der Waals surface area contributed by atoms with E-state index in [1.54, 1.807) is 0 Å². The van der Waals surface area contributed by atoms with Gasteiger partial charge in [0.1, 0.15) is 5.82 Å². The third-order valence-electron chi connectivity index (χ3n) is 5.66. The molecule has 1 aliphatic carbocycles. The monoisotopic (exact) mass is 353 g/mol. The first-order valence-electron chi connectivity index (χ1n) is 9.62. The highest BCUT2D eigenvalue weighted by Crippen LogP contribution is 2.47. The Kier molecular flexibility index (Phi) is 4.51. The van der Waals surface area contributed by atoms with Gasteiger partial charge in [-0.05, 0) is 43.2 Å². The van der Waals surface area contributed by atoms with Gasteiger partial charge in [0.25, 0.3) is 0 Å². The lowest BCUT2D eigenvalue weighted by Gasteiger charge is -2.16. The number of hydrogen-bond acceptors (Lipinski definition) is 4. The number of amides is 1. The molecule has 2 aromatic rings. The minimum absolute atomic E-state index is 0.187. The molecular formula is C20H27N5O. The third kappa shape index (κ3) is 3.50. The minimum atomic E-state index is 0.187. The lowest BCUT2D eigenvalue weighted by atomic mass is 9.91. The van der Waals surface area contributed by atoms with E-state index in [4.69, 9.17) is 4.98 Å². The maximum Gasteiger partial charge on any atom is 0.227 e. The fourth-order valence-corrected chi connectivity index (χ4v) is 3.93. The van der Waals surface area contributed by atoms with E-state index in [0.29, 0.717) is 18.3 Å². The van der Waals surface area contributed by atoms with Crippen LogP contribution in [0.5, 0.6) is 0 Å². The SMILES string of the molecule is Cc1ccc(CC(=O)N2C[C@H](c3nc(C(C)C)n[nH]3)[C@@H](C3CC3)C2)cn1. The first kappa shape index (κ1) is 17.2. The largest absolute Gasteiger partial charge is 0.341 e. The van der Waals surface area contributed by atoms with Crippen molar-refractivity contribution < 1.29 is 4.79 Å². The van der Waals surface area contributed by atoms with E-state index in [-0.39, 0.29) is 11.8 Å². The van der Waals surface area contributed by atoms with Crippen molar-refractivity contribution in [1.29, 1.82) is 0 Å². The molecule has 2 fully saturated rings. The molecule has 6 heteroatoms. The molecule has 0 bridgehead atoms. The molecule has 2 aliphatic rings. The Morgan fingerprint density at radius 1 is 1.31 bits per heavy atom. The number of carbonyl (C=O) groups excluding carboxylic acids is 1. The zero-order valence-corrected chi connectivity index (χ0v) is 15.8. The standard InChI is InChI=1S/C20H27N5O/c1-12(2)19-22-20(24-23-19)17-11-25(10-16(17)15-6-7-15)18(26)8-14-5-4-13(3)21-9-14/h4-5,9,12,15-17H,6-8,10-11H2,1-3H3,(H,22,23,24)/t16-,17+/m1/s1. The fraction of sp³-hybridized carbons (Fsp3) is 0.600. The normalized spacial score (nSPS) is 23.0. The van der Waals surface area contributed by atoms with Crippen molar-refractivity contribution in [3.05, 3.63) is 41.2 Å². The van der Waals surface area contributed by atoms with Crippen molar-refractivity contribution in [2.45, 2.75) is 51.9 Å². The van der Waals surface area contributed by atoms with E-state index in [9.17, 15) is 4.79 Å². The van der Waals surface area contributed by atoms with Crippen molar-refractivity contribution in [2.24, 2.45) is 11.8 Å². The quantitative estimate of drug-likeness (QED) is 0.897. The second kappa shape index (κ2) is 6.82. The maximum absolute atomic E-state index is 12.8. The van der Waals surface area contributed by atoms with E-state index < -0.39 is 0 Å². The molecule has 0 unspecified atom stereocenters. The van der Waals surface area contributed by atoms with E-state index in [0.717, 1.165) is 41.9 Å². The smallest absolute Gasteiger partial charge is 0.227 e. The Bertz CT molecular complexity index is 778. The molecule has 1 N–H and O–H groups in total. The summed E-state index contributed by atoms with van der Waals surface area (Å²) in [5.74, 6) is 3.83. The molecular weight excluding hydrogens is 326 g/mol. The summed E-state index contributed by atoms with van der Waals surface area (Å²) in [5, 5.41) is 7.52. The highest BCUT2D eigenvalue weighted by Gasteiger charge is 2.45. The molecule has 4 rings (SSSR count). The van der Waals surface area contributed by atoms with Gasteiger partial charge < -0.3 is 4.90 Å². The van der Waals surface area contributed by atoms with Gasteiger partial charge in [0.05, 0.1) is 6.42 Å². The first-order chi connectivity index (χ1) is 12.5. The Balaban J connectivity index is 1.48. The zero-order valence-electron chi connectivity index (χ0n) is 15.8. The number of rotatable bonds is 5. The molecule has 0 radical (unpaired) electrons. The van der Waals surface area contributed by atoms with Crippen molar-refractivity contribution in [1.82, 2.24) is 25.1 Å². The molecule has 1 amide bonds. The van der Waals surface area contributed by atoms with Gasteiger partial charge in [0.2, 0.25) is 5.91 Å². The van der Waals surface area contributed by atoms with Crippen LogP contribution in [0.15, 0.2) is 18.3 Å². The van der Waals surface area contributed by atoms with Crippen molar-refractivity contribution >= 4 is 5.91 Å². The minimum Gasteiger partial charge on any atom is -0.341 e. The van der Waals surface area contributed by atoms with Crippen molar-refractivity contribution in [3.8, 4) is 0 Å². The van der Waals surface area contributed by atoms with Gasteiger partial charge in [-0.25, -0.2) is 4.98 Å². The summed E-state index contributed by atoms with van der Waals surface area (Å²) in [7, 11) is 0. The summed E-state index contributed by atoms with van der Waals surface area (Å²) in [5.41, 5.74) is 1.95. The molecule has 3 heterocycles. The average molecular weight is 353 g/mol. The van der Waals surface area contributed by atoms with E-state index >= 15 is 0 Å². The van der Waals surface area contributed by atoms with E-state index in [2.05, 4.69) is 29.0 Å². The summed E-state index contributed by atoms with van der Waals surface area (Å²) in [6.07, 6.45) is 4.78. The molecule has 0 aromatic carbocycles. The van der Waals surface area contributed by atoms with Crippen LogP contribution < -0.4 is 0 Å². The van der Waals surface area contributed by atoms with Gasteiger partial charge in [0, 0.05) is 36.8 Å². The number of nitrogens with zero attached hydrogens (tertiary/aromatic N) is 4. The number of carbonyl (C=O) groups is 1. The van der Waals surface area contributed by atoms with Crippen LogP contribution in [0, 0.1) is 18.8 Å². The summed E-state index contributed by atoms with van der Waals surface area (Å²) < 4.78 is 0. The van der Waals surface area contributed by atoms with Crippen LogP contribution in [0.2, 0.25) is 0 Å². The van der Waals surface area contributed by atoms with Crippen LogP contribution in [0.25, 0.3) is 0 Å². The molecule has 6 nitrogen and oxygen atoms in total. The summed E-state index contributed by atoms with van der Waals surface area (Å²) >= 11 is 0. The molecule has 138 valence electrons. The van der Waals surface area contributed by atoms with Gasteiger partial charge in [-0.3, -0.25) is 14.9 Å². The Morgan fingerprint density at radius 3 is 2.73 bits per heavy atom. The number of nitrogens with one attached hydrogen (secondary N) is 1. The third-order valence-corrected chi connectivity index (χ3v) is 5.66. The van der Waals surface area contributed by atoms with Crippen molar-refractivity contribution in [3.63, 3.8) is 0 Å². The molecule has 2 atom stereocenters. The molecule has 0 spiro atoms. The van der Waals surface area contributed by atoms with E-state index in [1.807, 2.05) is 30.2 Å². The van der Waals surface area contributed by atoms with Crippen LogP contribution >= 0.6 is 0 Å². The van der Waals surface area contributed by atoms with Crippen LogP contribution in [0.4, 0.5) is 0 Å². The Morgan fingerprint density at radius 2 is 2.12 bits per heavy atom. The number of hydrogen-bond donors (Lipinski definition) is 1. The topological polar surface area (TPSA) is 74.8 Å². The van der Waals surface area contributed by atoms with Crippen LogP contribution in [-0.4, -0.2) is 44.1 Å². The van der Waals surface area contributed by atoms with Crippen LogP contribution in [0.3, 0.4) is 0 Å². The molecule has 1 aliphatic heterocycles. The van der Waals surface area contributed by atoms with Gasteiger partial charge >= 0.3 is 0 Å². The molecule has 1 saturated heterocycles. The maximum atomic E-state index is 12.8. The second-order valence-electron chi connectivity index (χ2n) is 8.12. The van der Waals surface area contributed by atoms with Gasteiger partial charge in [0.15, 0.2) is 5.82 Å². The average Bonchev–Trinajstić information content (AvgIpc) is 3.17. The Labute approximate surface area is 154 Å². The number of aromatic amines is 1. The summed E-state index contributed by atoms with van der Waals surface area (Å²) in [6.45, 7) is 7.74. The number of pyridine rings is 1. The van der Waals surface area contributed by atoms with Gasteiger partial charge in [-0.15, -0.1) is 0 Å². The molecule has 2 aromatic heterocycles. The predicted molar refractivity (Wildman–Crippen MR) is 98.7 cm³/mol. The number of aromatic nitrogens is 4.